The molecule has 1 aliphatic heterocycles. The van der Waals surface area contributed by atoms with E-state index in [-0.39, 0.29) is 35.6 Å². The van der Waals surface area contributed by atoms with Gasteiger partial charge in [-0.3, -0.25) is 9.52 Å². The number of sulfonamides is 2. The van der Waals surface area contributed by atoms with Crippen LogP contribution in [0.2, 0.25) is 0 Å². The van der Waals surface area contributed by atoms with Gasteiger partial charge in [0.2, 0.25) is 15.9 Å². The third-order valence-electron chi connectivity index (χ3n) is 6.16. The summed E-state index contributed by atoms with van der Waals surface area (Å²) in [7, 11) is -7.26. The lowest BCUT2D eigenvalue weighted by Crippen LogP contribution is -2.41. The molecule has 3 aromatic rings. The van der Waals surface area contributed by atoms with Gasteiger partial charge in [0.25, 0.3) is 10.0 Å². The molecule has 0 radical (unpaired) electrons. The summed E-state index contributed by atoms with van der Waals surface area (Å²) in [6.45, 7) is 2.43. The predicted molar refractivity (Wildman–Crippen MR) is 148 cm³/mol. The van der Waals surface area contributed by atoms with Crippen LogP contribution in [0.25, 0.3) is 0 Å². The van der Waals surface area contributed by atoms with Gasteiger partial charge in [0, 0.05) is 34.9 Å². The summed E-state index contributed by atoms with van der Waals surface area (Å²) in [6, 6.07) is 20.2. The van der Waals surface area contributed by atoms with Crippen LogP contribution in [-0.4, -0.2) is 40.1 Å². The zero-order valence-corrected chi connectivity index (χ0v) is 23.4. The average molecular weight is 607 g/mol. The second-order valence-corrected chi connectivity index (χ2v) is 13.6. The number of nitrogens with one attached hydrogen (secondary N) is 2. The number of anilines is 2. The number of nitrogens with zero attached hydrogens (tertiary/aromatic N) is 1. The summed E-state index contributed by atoms with van der Waals surface area (Å²) in [5.74, 6) is -0.627. The van der Waals surface area contributed by atoms with Gasteiger partial charge in [-0.15, -0.1) is 0 Å². The Labute approximate surface area is 226 Å². The van der Waals surface area contributed by atoms with Gasteiger partial charge in [0.15, 0.2) is 0 Å². The summed E-state index contributed by atoms with van der Waals surface area (Å²) in [4.78, 5) is 12.9. The number of benzene rings is 3. The normalized spacial score (nSPS) is 15.3. The third-order valence-corrected chi connectivity index (χ3v) is 9.90. The van der Waals surface area contributed by atoms with Crippen LogP contribution in [-0.2, 0) is 30.6 Å². The van der Waals surface area contributed by atoms with Crippen molar-refractivity contribution in [3.05, 3.63) is 88.4 Å². The van der Waals surface area contributed by atoms with Crippen LogP contribution in [0.4, 0.5) is 11.4 Å². The Morgan fingerprint density at radius 3 is 2.24 bits per heavy atom. The van der Waals surface area contributed by atoms with E-state index in [1.807, 2.05) is 19.1 Å². The minimum absolute atomic E-state index is 0.0796. The Morgan fingerprint density at radius 2 is 1.59 bits per heavy atom. The fourth-order valence-electron chi connectivity index (χ4n) is 4.21. The third kappa shape index (κ3) is 7.19. The van der Waals surface area contributed by atoms with Gasteiger partial charge in [0.05, 0.1) is 10.6 Å². The molecule has 4 rings (SSSR count). The van der Waals surface area contributed by atoms with Crippen LogP contribution < -0.4 is 10.0 Å². The van der Waals surface area contributed by atoms with Crippen molar-refractivity contribution in [3.63, 3.8) is 0 Å². The monoisotopic (exact) mass is 605 g/mol. The second kappa shape index (κ2) is 11.3. The van der Waals surface area contributed by atoms with Crippen molar-refractivity contribution in [2.24, 2.45) is 5.92 Å². The van der Waals surface area contributed by atoms with Crippen LogP contribution in [0.5, 0.6) is 0 Å². The van der Waals surface area contributed by atoms with Crippen molar-refractivity contribution >= 4 is 53.3 Å². The molecule has 0 aliphatic carbocycles. The van der Waals surface area contributed by atoms with E-state index >= 15 is 0 Å². The SMILES string of the molecule is Cc1cccc(NS(=O)(=O)c2ccc(NC(=O)C3CCN(S(=O)(=O)Cc4cccc(Br)c4)CC3)cc2)c1. The lowest BCUT2D eigenvalue weighted by Gasteiger charge is -2.30. The van der Waals surface area contributed by atoms with Crippen molar-refractivity contribution in [1.82, 2.24) is 4.31 Å². The van der Waals surface area contributed by atoms with Crippen molar-refractivity contribution < 1.29 is 21.6 Å². The van der Waals surface area contributed by atoms with Gasteiger partial charge in [-0.2, -0.15) is 0 Å². The number of amides is 1. The molecule has 1 fully saturated rings. The molecule has 1 saturated heterocycles. The molecule has 1 amide bonds. The second-order valence-electron chi connectivity index (χ2n) is 9.05. The van der Waals surface area contributed by atoms with Crippen molar-refractivity contribution in [2.45, 2.75) is 30.4 Å². The summed E-state index contributed by atoms with van der Waals surface area (Å²) >= 11 is 3.36. The highest BCUT2D eigenvalue weighted by molar-refractivity contribution is 9.10. The highest BCUT2D eigenvalue weighted by Crippen LogP contribution is 2.25. The van der Waals surface area contributed by atoms with E-state index in [0.29, 0.717) is 29.8 Å². The maximum Gasteiger partial charge on any atom is 0.261 e. The van der Waals surface area contributed by atoms with E-state index in [2.05, 4.69) is 26.0 Å². The number of aryl methyl sites for hydroxylation is 1. The Bertz CT molecular complexity index is 1480. The molecular formula is C26H28BrN3O5S2. The van der Waals surface area contributed by atoms with E-state index in [0.717, 1.165) is 10.0 Å². The first-order valence-corrected chi connectivity index (χ1v) is 15.6. The van der Waals surface area contributed by atoms with Crippen LogP contribution >= 0.6 is 15.9 Å². The molecule has 3 aromatic carbocycles. The molecule has 0 bridgehead atoms. The first-order chi connectivity index (χ1) is 17.5. The van der Waals surface area contributed by atoms with E-state index in [1.54, 1.807) is 48.5 Å². The Morgan fingerprint density at radius 1 is 0.919 bits per heavy atom. The maximum atomic E-state index is 12.8. The molecule has 11 heteroatoms. The van der Waals surface area contributed by atoms with Crippen LogP contribution in [0.1, 0.15) is 24.0 Å². The largest absolute Gasteiger partial charge is 0.326 e. The zero-order valence-electron chi connectivity index (χ0n) is 20.2. The molecule has 1 heterocycles. The Hall–Kier alpha value is -2.73. The minimum Gasteiger partial charge on any atom is -0.326 e. The molecule has 2 N–H and O–H groups in total. The molecule has 0 atom stereocenters. The number of carbonyl (C=O) groups is 1. The van der Waals surface area contributed by atoms with E-state index in [9.17, 15) is 21.6 Å². The number of hydrogen-bond donors (Lipinski definition) is 2. The van der Waals surface area contributed by atoms with Gasteiger partial charge in [-0.25, -0.2) is 21.1 Å². The van der Waals surface area contributed by atoms with Crippen LogP contribution in [0.3, 0.4) is 0 Å². The number of rotatable bonds is 8. The highest BCUT2D eigenvalue weighted by Gasteiger charge is 2.31. The van der Waals surface area contributed by atoms with Crippen molar-refractivity contribution in [2.75, 3.05) is 23.1 Å². The van der Waals surface area contributed by atoms with Gasteiger partial charge in [-0.05, 0) is 79.4 Å². The van der Waals surface area contributed by atoms with E-state index in [4.69, 9.17) is 0 Å². The number of carbonyl (C=O) groups excluding carboxylic acids is 1. The Kier molecular flexibility index (Phi) is 8.37. The fourth-order valence-corrected chi connectivity index (χ4v) is 7.26. The summed E-state index contributed by atoms with van der Waals surface area (Å²) < 4.78 is 55.9. The molecule has 1 aliphatic rings. The first kappa shape index (κ1) is 27.3. The van der Waals surface area contributed by atoms with Crippen LogP contribution in [0, 0.1) is 12.8 Å². The lowest BCUT2D eigenvalue weighted by molar-refractivity contribution is -0.120. The quantitative estimate of drug-likeness (QED) is 0.385. The number of hydrogen-bond acceptors (Lipinski definition) is 5. The molecule has 0 saturated carbocycles. The smallest absolute Gasteiger partial charge is 0.261 e. The molecule has 37 heavy (non-hydrogen) atoms. The number of piperidine rings is 1. The molecule has 0 aromatic heterocycles. The molecule has 8 nitrogen and oxygen atoms in total. The van der Waals surface area contributed by atoms with E-state index in [1.165, 1.54) is 16.4 Å². The molecule has 0 unspecified atom stereocenters. The first-order valence-electron chi connectivity index (χ1n) is 11.7. The van der Waals surface area contributed by atoms with Crippen molar-refractivity contribution in [3.8, 4) is 0 Å². The van der Waals surface area contributed by atoms with Crippen molar-refractivity contribution in [1.29, 1.82) is 0 Å². The summed E-state index contributed by atoms with van der Waals surface area (Å²) in [5, 5.41) is 2.82. The number of halogens is 1. The highest BCUT2D eigenvalue weighted by atomic mass is 79.9. The van der Waals surface area contributed by atoms with Gasteiger partial charge in [0.1, 0.15) is 0 Å². The maximum absolute atomic E-state index is 12.8. The Balaban J connectivity index is 1.31. The van der Waals surface area contributed by atoms with Gasteiger partial charge < -0.3 is 5.32 Å². The zero-order chi connectivity index (χ0) is 26.6. The molecular weight excluding hydrogens is 578 g/mol. The van der Waals surface area contributed by atoms with Gasteiger partial charge >= 0.3 is 0 Å². The molecule has 196 valence electrons. The van der Waals surface area contributed by atoms with Crippen LogP contribution in [0.15, 0.2) is 82.2 Å². The average Bonchev–Trinajstić information content (AvgIpc) is 2.84. The summed E-state index contributed by atoms with van der Waals surface area (Å²) in [6.07, 6.45) is 0.826. The summed E-state index contributed by atoms with van der Waals surface area (Å²) in [5.41, 5.74) is 2.59. The topological polar surface area (TPSA) is 113 Å². The van der Waals surface area contributed by atoms with Gasteiger partial charge in [-0.1, -0.05) is 40.2 Å². The molecule has 0 spiro atoms. The predicted octanol–water partition coefficient (Wildman–Crippen LogP) is 4.74. The minimum atomic E-state index is -3.77. The van der Waals surface area contributed by atoms with E-state index < -0.39 is 20.0 Å². The fraction of sp³-hybridized carbons (Fsp3) is 0.269. The lowest BCUT2D eigenvalue weighted by atomic mass is 9.97. The standard InChI is InChI=1S/C26H28BrN3O5S2/c1-19-4-2-7-24(16-19)29-37(34,35)25-10-8-23(9-11-25)28-26(31)21-12-14-30(15-13-21)36(32,33)18-20-5-3-6-22(27)17-20/h2-11,16-17,21,29H,12-15,18H2,1H3,(H,28,31).